The molecule has 0 radical (unpaired) electrons. The highest BCUT2D eigenvalue weighted by Crippen LogP contribution is 2.20. The maximum absolute atomic E-state index is 5.43. The Labute approximate surface area is 123 Å². The molecule has 0 bridgehead atoms. The van der Waals surface area contributed by atoms with E-state index in [4.69, 9.17) is 9.72 Å². The molecule has 3 rings (SSSR count). The van der Waals surface area contributed by atoms with E-state index >= 15 is 0 Å². The van der Waals surface area contributed by atoms with Crippen molar-refractivity contribution < 1.29 is 4.74 Å². The second-order valence-corrected chi connectivity index (χ2v) is 5.72. The van der Waals surface area contributed by atoms with Gasteiger partial charge in [0.1, 0.15) is 5.82 Å². The van der Waals surface area contributed by atoms with Crippen LogP contribution < -0.4 is 0 Å². The number of rotatable bonds is 2. The summed E-state index contributed by atoms with van der Waals surface area (Å²) in [5.41, 5.74) is 1.23. The number of ether oxygens (including phenoxy) is 1. The average Bonchev–Trinajstić information content (AvgIpc) is 2.91. The molecule has 1 fully saturated rings. The first kappa shape index (κ1) is 15.5. The lowest BCUT2D eigenvalue weighted by atomic mass is 10.1. The fraction of sp³-hybridized carbons (Fsp3) is 0.812. The van der Waals surface area contributed by atoms with Gasteiger partial charge in [-0.3, -0.25) is 4.90 Å². The molecule has 3 heterocycles. The van der Waals surface area contributed by atoms with Gasteiger partial charge in [0, 0.05) is 38.5 Å². The molecular weight excluding hydrogens is 250 g/mol. The molecule has 1 aromatic rings. The van der Waals surface area contributed by atoms with Crippen molar-refractivity contribution in [1.82, 2.24) is 14.5 Å². The molecule has 0 spiro atoms. The van der Waals surface area contributed by atoms with Crippen LogP contribution in [0.4, 0.5) is 0 Å². The van der Waals surface area contributed by atoms with E-state index in [0.29, 0.717) is 6.04 Å². The van der Waals surface area contributed by atoms with Crippen LogP contribution >= 0.6 is 0 Å². The largest absolute Gasteiger partial charge is 0.381 e. The molecule has 0 atom stereocenters. The Hall–Kier alpha value is -0.870. The summed E-state index contributed by atoms with van der Waals surface area (Å²) in [6.07, 6.45) is 6.87. The van der Waals surface area contributed by atoms with Crippen LogP contribution in [0.2, 0.25) is 0 Å². The van der Waals surface area contributed by atoms with E-state index in [-0.39, 0.29) is 0 Å². The van der Waals surface area contributed by atoms with Crippen molar-refractivity contribution in [1.29, 1.82) is 0 Å². The van der Waals surface area contributed by atoms with E-state index in [1.807, 2.05) is 0 Å². The van der Waals surface area contributed by atoms with Crippen molar-refractivity contribution in [3.8, 4) is 0 Å². The predicted octanol–water partition coefficient (Wildman–Crippen LogP) is 2.86. The van der Waals surface area contributed by atoms with Crippen molar-refractivity contribution in [3.05, 3.63) is 17.7 Å². The van der Waals surface area contributed by atoms with Gasteiger partial charge < -0.3 is 9.30 Å². The number of fused-ring (bicyclic) bond motifs is 1. The molecule has 4 heteroatoms. The molecule has 2 aliphatic heterocycles. The molecule has 0 unspecified atom stereocenters. The van der Waals surface area contributed by atoms with Gasteiger partial charge in [0.2, 0.25) is 0 Å². The van der Waals surface area contributed by atoms with Gasteiger partial charge in [-0.15, -0.1) is 0 Å². The van der Waals surface area contributed by atoms with Crippen molar-refractivity contribution in [2.45, 2.75) is 65.6 Å². The number of hydrogen-bond donors (Lipinski definition) is 0. The van der Waals surface area contributed by atoms with Crippen molar-refractivity contribution in [3.63, 3.8) is 0 Å². The summed E-state index contributed by atoms with van der Waals surface area (Å²) in [4.78, 5) is 7.29. The van der Waals surface area contributed by atoms with Crippen LogP contribution in [0.5, 0.6) is 0 Å². The van der Waals surface area contributed by atoms with E-state index in [0.717, 1.165) is 39.3 Å². The van der Waals surface area contributed by atoms with Crippen molar-refractivity contribution >= 4 is 0 Å². The minimum atomic E-state index is 0.708. The van der Waals surface area contributed by atoms with E-state index in [1.54, 1.807) is 0 Å². The monoisotopic (exact) mass is 279 g/mol. The normalized spacial score (nSPS) is 20.1. The summed E-state index contributed by atoms with van der Waals surface area (Å²) in [6, 6.07) is 0.708. The molecule has 2 aliphatic rings. The number of aromatic nitrogens is 2. The van der Waals surface area contributed by atoms with Gasteiger partial charge in [0.05, 0.1) is 12.2 Å². The van der Waals surface area contributed by atoms with Crippen LogP contribution in [-0.4, -0.2) is 40.3 Å². The molecular formula is C16H29N3O. The molecule has 1 saturated heterocycles. The van der Waals surface area contributed by atoms with Crippen LogP contribution in [-0.2, 0) is 24.2 Å². The van der Waals surface area contributed by atoms with Crippen LogP contribution in [0.25, 0.3) is 0 Å². The maximum Gasteiger partial charge on any atom is 0.123 e. The zero-order valence-electron chi connectivity index (χ0n) is 13.3. The Kier molecular flexibility index (Phi) is 6.05. The lowest BCUT2D eigenvalue weighted by Crippen LogP contribution is -2.43. The number of nitrogens with zero attached hydrogens (tertiary/aromatic N) is 3. The molecule has 0 aromatic carbocycles. The summed E-state index contributed by atoms with van der Waals surface area (Å²) in [5, 5.41) is 0. The summed E-state index contributed by atoms with van der Waals surface area (Å²) in [5.74, 6) is 1.25. The highest BCUT2D eigenvalue weighted by Gasteiger charge is 2.26. The van der Waals surface area contributed by atoms with Gasteiger partial charge in [0.25, 0.3) is 0 Å². The van der Waals surface area contributed by atoms with Gasteiger partial charge in [-0.25, -0.2) is 4.98 Å². The zero-order chi connectivity index (χ0) is 14.4. The van der Waals surface area contributed by atoms with Crippen LogP contribution in [0, 0.1) is 0 Å². The first-order valence-electron chi connectivity index (χ1n) is 8.15. The number of imidazole rings is 1. The molecule has 0 aliphatic carbocycles. The fourth-order valence-corrected chi connectivity index (χ4v) is 2.86. The van der Waals surface area contributed by atoms with Gasteiger partial charge in [-0.05, 0) is 19.3 Å². The summed E-state index contributed by atoms with van der Waals surface area (Å²) < 4.78 is 7.76. The van der Waals surface area contributed by atoms with E-state index in [2.05, 4.69) is 36.4 Å². The molecule has 0 N–H and O–H groups in total. The second kappa shape index (κ2) is 7.79. The second-order valence-electron chi connectivity index (χ2n) is 5.72. The standard InChI is InChI=1S/C13H21N3O.C3H8/c1-2-11-9-16-6-5-15(10-13(16)14-11)12-3-7-17-8-4-12;1-3-2/h9,12H,2-8,10H2,1H3;3H2,1-2H3. The molecule has 4 nitrogen and oxygen atoms in total. The van der Waals surface area contributed by atoms with Gasteiger partial charge in [-0.1, -0.05) is 27.2 Å². The van der Waals surface area contributed by atoms with Gasteiger partial charge in [0.15, 0.2) is 0 Å². The number of aryl methyl sites for hydroxylation is 1. The first-order chi connectivity index (χ1) is 9.78. The third-order valence-electron chi connectivity index (χ3n) is 3.95. The minimum absolute atomic E-state index is 0.708. The Bertz CT molecular complexity index is 396. The zero-order valence-corrected chi connectivity index (χ0v) is 13.3. The van der Waals surface area contributed by atoms with Crippen LogP contribution in [0.3, 0.4) is 0 Å². The topological polar surface area (TPSA) is 30.3 Å². The van der Waals surface area contributed by atoms with Crippen LogP contribution in [0.15, 0.2) is 6.20 Å². The highest BCUT2D eigenvalue weighted by molar-refractivity contribution is 5.06. The molecule has 114 valence electrons. The quantitative estimate of drug-likeness (QED) is 0.834. The van der Waals surface area contributed by atoms with E-state index in [1.165, 1.54) is 30.8 Å². The molecule has 20 heavy (non-hydrogen) atoms. The van der Waals surface area contributed by atoms with E-state index < -0.39 is 0 Å². The summed E-state index contributed by atoms with van der Waals surface area (Å²) in [7, 11) is 0. The Morgan fingerprint density at radius 2 is 1.90 bits per heavy atom. The highest BCUT2D eigenvalue weighted by atomic mass is 16.5. The molecule has 1 aromatic heterocycles. The van der Waals surface area contributed by atoms with Gasteiger partial charge in [-0.2, -0.15) is 0 Å². The predicted molar refractivity (Wildman–Crippen MR) is 81.8 cm³/mol. The average molecular weight is 279 g/mol. The first-order valence-corrected chi connectivity index (χ1v) is 8.15. The van der Waals surface area contributed by atoms with Gasteiger partial charge >= 0.3 is 0 Å². The third kappa shape index (κ3) is 3.83. The Morgan fingerprint density at radius 1 is 1.20 bits per heavy atom. The third-order valence-corrected chi connectivity index (χ3v) is 3.95. The van der Waals surface area contributed by atoms with Crippen molar-refractivity contribution in [2.75, 3.05) is 19.8 Å². The summed E-state index contributed by atoms with van der Waals surface area (Å²) in [6.45, 7) is 11.6. The Balaban J connectivity index is 0.000000452. The SMILES string of the molecule is CCC.CCc1cn2c(n1)CN(C1CCOCC1)CC2. The lowest BCUT2D eigenvalue weighted by Gasteiger charge is -2.36. The minimum Gasteiger partial charge on any atom is -0.381 e. The van der Waals surface area contributed by atoms with E-state index in [9.17, 15) is 0 Å². The Morgan fingerprint density at radius 3 is 2.55 bits per heavy atom. The molecule has 0 amide bonds. The number of hydrogen-bond acceptors (Lipinski definition) is 3. The maximum atomic E-state index is 5.43. The fourth-order valence-electron chi connectivity index (χ4n) is 2.86. The lowest BCUT2D eigenvalue weighted by molar-refractivity contribution is 0.0235. The molecule has 0 saturated carbocycles. The summed E-state index contributed by atoms with van der Waals surface area (Å²) >= 11 is 0. The van der Waals surface area contributed by atoms with Crippen LogP contribution in [0.1, 0.15) is 51.6 Å². The van der Waals surface area contributed by atoms with Crippen molar-refractivity contribution in [2.24, 2.45) is 0 Å². The smallest absolute Gasteiger partial charge is 0.123 e.